The zero-order valence-corrected chi connectivity index (χ0v) is 10.7. The SMILES string of the molecule is CC(C)N1CCCCC1.COCCC(=O)O. The van der Waals surface area contributed by atoms with Crippen molar-refractivity contribution in [1.29, 1.82) is 0 Å². The molecule has 0 amide bonds. The van der Waals surface area contributed by atoms with E-state index in [1.165, 1.54) is 39.5 Å². The van der Waals surface area contributed by atoms with Crippen molar-refractivity contribution in [3.8, 4) is 0 Å². The van der Waals surface area contributed by atoms with Gasteiger partial charge in [-0.15, -0.1) is 0 Å². The number of carboxylic acids is 1. The molecule has 0 radical (unpaired) electrons. The average molecular weight is 231 g/mol. The topological polar surface area (TPSA) is 49.8 Å². The molecule has 0 atom stereocenters. The maximum atomic E-state index is 9.68. The molecule has 0 unspecified atom stereocenters. The second kappa shape index (κ2) is 9.60. The Kier molecular flexibility index (Phi) is 9.24. The Balaban J connectivity index is 0.000000293. The van der Waals surface area contributed by atoms with E-state index in [0.29, 0.717) is 6.61 Å². The van der Waals surface area contributed by atoms with Crippen molar-refractivity contribution in [2.75, 3.05) is 26.8 Å². The maximum Gasteiger partial charge on any atom is 0.305 e. The van der Waals surface area contributed by atoms with Crippen molar-refractivity contribution in [2.45, 2.75) is 45.6 Å². The van der Waals surface area contributed by atoms with Gasteiger partial charge in [-0.25, -0.2) is 0 Å². The largest absolute Gasteiger partial charge is 0.481 e. The molecule has 1 aliphatic rings. The Morgan fingerprint density at radius 2 is 1.88 bits per heavy atom. The summed E-state index contributed by atoms with van der Waals surface area (Å²) in [6.07, 6.45) is 4.37. The van der Waals surface area contributed by atoms with Gasteiger partial charge in [-0.2, -0.15) is 0 Å². The first-order valence-corrected chi connectivity index (χ1v) is 6.02. The summed E-state index contributed by atoms with van der Waals surface area (Å²) in [5, 5.41) is 7.96. The standard InChI is InChI=1S/C8H17N.C4H8O3/c1-8(2)9-6-4-3-5-7-9;1-7-3-2-4(5)6/h8H,3-7H2,1-2H3;2-3H2,1H3,(H,5,6). The number of hydrogen-bond donors (Lipinski definition) is 1. The van der Waals surface area contributed by atoms with E-state index in [1.807, 2.05) is 0 Å². The summed E-state index contributed by atoms with van der Waals surface area (Å²) in [6.45, 7) is 7.53. The van der Waals surface area contributed by atoms with E-state index in [1.54, 1.807) is 0 Å². The van der Waals surface area contributed by atoms with E-state index in [-0.39, 0.29) is 6.42 Å². The summed E-state index contributed by atoms with van der Waals surface area (Å²) in [5.41, 5.74) is 0. The zero-order chi connectivity index (χ0) is 12.4. The third kappa shape index (κ3) is 8.68. The molecule has 1 rings (SSSR count). The lowest BCUT2D eigenvalue weighted by molar-refractivity contribution is -0.137. The van der Waals surface area contributed by atoms with Crippen LogP contribution in [0.1, 0.15) is 39.5 Å². The Bertz CT molecular complexity index is 177. The van der Waals surface area contributed by atoms with E-state index in [4.69, 9.17) is 5.11 Å². The number of nitrogens with zero attached hydrogens (tertiary/aromatic N) is 1. The average Bonchev–Trinajstić information content (AvgIpc) is 2.28. The van der Waals surface area contributed by atoms with Crippen LogP contribution in [0, 0.1) is 0 Å². The molecule has 0 aliphatic carbocycles. The summed E-state index contributed by atoms with van der Waals surface area (Å²) in [4.78, 5) is 12.2. The molecule has 1 aliphatic heterocycles. The van der Waals surface area contributed by atoms with Crippen LogP contribution in [0.15, 0.2) is 0 Å². The minimum atomic E-state index is -0.818. The smallest absolute Gasteiger partial charge is 0.305 e. The first-order chi connectivity index (χ1) is 7.57. The fourth-order valence-corrected chi connectivity index (χ4v) is 1.62. The summed E-state index contributed by atoms with van der Waals surface area (Å²) in [7, 11) is 1.48. The second-order valence-electron chi connectivity index (χ2n) is 4.33. The molecule has 1 heterocycles. The van der Waals surface area contributed by atoms with Crippen LogP contribution >= 0.6 is 0 Å². The third-order valence-electron chi connectivity index (χ3n) is 2.64. The second-order valence-corrected chi connectivity index (χ2v) is 4.33. The van der Waals surface area contributed by atoms with Gasteiger partial charge in [-0.05, 0) is 39.8 Å². The van der Waals surface area contributed by atoms with Crippen LogP contribution in [0.25, 0.3) is 0 Å². The van der Waals surface area contributed by atoms with Crippen LogP contribution in [0.3, 0.4) is 0 Å². The number of rotatable bonds is 4. The molecule has 0 saturated carbocycles. The molecule has 1 saturated heterocycles. The van der Waals surface area contributed by atoms with Crippen molar-refractivity contribution < 1.29 is 14.6 Å². The Labute approximate surface area is 98.6 Å². The van der Waals surface area contributed by atoms with Gasteiger partial charge >= 0.3 is 5.97 Å². The molecule has 4 heteroatoms. The molecular formula is C12H25NO3. The van der Waals surface area contributed by atoms with Gasteiger partial charge in [-0.1, -0.05) is 6.42 Å². The summed E-state index contributed by atoms with van der Waals surface area (Å²) in [5.74, 6) is -0.818. The number of carboxylic acid groups (broad SMARTS) is 1. The zero-order valence-electron chi connectivity index (χ0n) is 10.7. The molecule has 0 spiro atoms. The number of hydrogen-bond acceptors (Lipinski definition) is 3. The van der Waals surface area contributed by atoms with Crippen molar-refractivity contribution in [2.24, 2.45) is 0 Å². The number of likely N-dealkylation sites (tertiary alicyclic amines) is 1. The normalized spacial score (nSPS) is 16.8. The number of aliphatic carboxylic acids is 1. The Morgan fingerprint density at radius 3 is 2.12 bits per heavy atom. The molecule has 0 aromatic heterocycles. The monoisotopic (exact) mass is 231 g/mol. The van der Waals surface area contributed by atoms with Crippen LogP contribution in [-0.2, 0) is 9.53 Å². The minimum Gasteiger partial charge on any atom is -0.481 e. The van der Waals surface area contributed by atoms with Gasteiger partial charge in [0.1, 0.15) is 0 Å². The number of ether oxygens (including phenoxy) is 1. The van der Waals surface area contributed by atoms with Crippen LogP contribution in [0.4, 0.5) is 0 Å². The number of methoxy groups -OCH3 is 1. The molecular weight excluding hydrogens is 206 g/mol. The molecule has 1 fully saturated rings. The predicted molar refractivity (Wildman–Crippen MR) is 64.7 cm³/mol. The van der Waals surface area contributed by atoms with Crippen LogP contribution in [-0.4, -0.2) is 48.8 Å². The lowest BCUT2D eigenvalue weighted by Gasteiger charge is -2.29. The summed E-state index contributed by atoms with van der Waals surface area (Å²) in [6, 6.07) is 0.769. The van der Waals surface area contributed by atoms with Gasteiger partial charge < -0.3 is 14.7 Å². The first-order valence-electron chi connectivity index (χ1n) is 6.02. The van der Waals surface area contributed by atoms with E-state index in [2.05, 4.69) is 23.5 Å². The highest BCUT2D eigenvalue weighted by molar-refractivity contribution is 5.66. The fourth-order valence-electron chi connectivity index (χ4n) is 1.62. The molecule has 1 N–H and O–H groups in total. The summed E-state index contributed by atoms with van der Waals surface area (Å²) >= 11 is 0. The Hall–Kier alpha value is -0.610. The van der Waals surface area contributed by atoms with Gasteiger partial charge in [0, 0.05) is 13.2 Å². The van der Waals surface area contributed by atoms with Crippen LogP contribution in [0.5, 0.6) is 0 Å². The molecule has 4 nitrogen and oxygen atoms in total. The van der Waals surface area contributed by atoms with Gasteiger partial charge in [0.25, 0.3) is 0 Å². The van der Waals surface area contributed by atoms with Crippen molar-refractivity contribution in [3.05, 3.63) is 0 Å². The summed E-state index contributed by atoms with van der Waals surface area (Å²) < 4.78 is 4.47. The number of carbonyl (C=O) groups is 1. The van der Waals surface area contributed by atoms with Crippen LogP contribution < -0.4 is 0 Å². The first kappa shape index (κ1) is 15.4. The highest BCUT2D eigenvalue weighted by atomic mass is 16.5. The van der Waals surface area contributed by atoms with E-state index < -0.39 is 5.97 Å². The number of piperidine rings is 1. The van der Waals surface area contributed by atoms with Gasteiger partial charge in [0.05, 0.1) is 13.0 Å². The predicted octanol–water partition coefficient (Wildman–Crippen LogP) is 1.99. The van der Waals surface area contributed by atoms with E-state index >= 15 is 0 Å². The Morgan fingerprint density at radius 1 is 1.31 bits per heavy atom. The van der Waals surface area contributed by atoms with Gasteiger partial charge in [0.2, 0.25) is 0 Å². The molecule has 0 aromatic rings. The van der Waals surface area contributed by atoms with Crippen LogP contribution in [0.2, 0.25) is 0 Å². The lowest BCUT2D eigenvalue weighted by Crippen LogP contribution is -2.35. The maximum absolute atomic E-state index is 9.68. The van der Waals surface area contributed by atoms with Gasteiger partial charge in [-0.3, -0.25) is 4.79 Å². The lowest BCUT2D eigenvalue weighted by atomic mass is 10.1. The minimum absolute atomic E-state index is 0.0938. The van der Waals surface area contributed by atoms with Crippen molar-refractivity contribution in [3.63, 3.8) is 0 Å². The van der Waals surface area contributed by atoms with Gasteiger partial charge in [0.15, 0.2) is 0 Å². The van der Waals surface area contributed by atoms with E-state index in [9.17, 15) is 4.79 Å². The van der Waals surface area contributed by atoms with E-state index in [0.717, 1.165) is 6.04 Å². The molecule has 96 valence electrons. The quantitative estimate of drug-likeness (QED) is 0.804. The molecule has 0 aromatic carbocycles. The van der Waals surface area contributed by atoms with Crippen molar-refractivity contribution in [1.82, 2.24) is 4.90 Å². The highest BCUT2D eigenvalue weighted by Gasteiger charge is 2.11. The highest BCUT2D eigenvalue weighted by Crippen LogP contribution is 2.10. The fraction of sp³-hybridized carbons (Fsp3) is 0.917. The third-order valence-corrected chi connectivity index (χ3v) is 2.64. The molecule has 0 bridgehead atoms. The molecule has 16 heavy (non-hydrogen) atoms. The van der Waals surface area contributed by atoms with Crippen molar-refractivity contribution >= 4 is 5.97 Å².